The average molecular weight is 256 g/mol. The summed E-state index contributed by atoms with van der Waals surface area (Å²) in [4.78, 5) is 9.80. The molecule has 3 rings (SSSR count). The van der Waals surface area contributed by atoms with E-state index in [4.69, 9.17) is 0 Å². The Hall–Kier alpha value is -1.81. The molecule has 1 aliphatic heterocycles. The van der Waals surface area contributed by atoms with Crippen LogP contribution in [0, 0.1) is 0 Å². The van der Waals surface area contributed by atoms with Gasteiger partial charge in [0.15, 0.2) is 0 Å². The summed E-state index contributed by atoms with van der Waals surface area (Å²) in [6, 6.07) is 9.32. The maximum Gasteiger partial charge on any atom is 0.120 e. The lowest BCUT2D eigenvalue weighted by atomic mass is 10.1. The molecule has 0 saturated heterocycles. The first-order valence-corrected chi connectivity index (χ1v) is 6.88. The first-order valence-electron chi connectivity index (χ1n) is 6.88. The van der Waals surface area contributed by atoms with E-state index in [-0.39, 0.29) is 0 Å². The zero-order chi connectivity index (χ0) is 13.1. The lowest BCUT2D eigenvalue weighted by Crippen LogP contribution is -2.35. The molecule has 100 valence electrons. The van der Waals surface area contributed by atoms with E-state index < -0.39 is 0 Å². The van der Waals surface area contributed by atoms with E-state index in [1.54, 1.807) is 6.20 Å². The number of anilines is 1. The van der Waals surface area contributed by atoms with Crippen LogP contribution in [0.1, 0.15) is 18.3 Å². The molecule has 4 heteroatoms. The van der Waals surface area contributed by atoms with Crippen LogP contribution in [0.3, 0.4) is 0 Å². The molecular weight excluding hydrogens is 236 g/mol. The number of para-hydroxylation sites is 1. The maximum atomic E-state index is 4.20. The number of nitrogens with zero attached hydrogens (tertiary/aromatic N) is 2. The number of hydrogen-bond acceptors (Lipinski definition) is 3. The molecule has 0 aliphatic carbocycles. The van der Waals surface area contributed by atoms with Crippen LogP contribution >= 0.6 is 0 Å². The zero-order valence-electron chi connectivity index (χ0n) is 11.3. The Bertz CT molecular complexity index is 521. The van der Waals surface area contributed by atoms with Crippen molar-refractivity contribution in [2.75, 3.05) is 18.0 Å². The van der Waals surface area contributed by atoms with Crippen LogP contribution in [-0.4, -0.2) is 29.1 Å². The highest BCUT2D eigenvalue weighted by molar-refractivity contribution is 5.59. The second-order valence-corrected chi connectivity index (χ2v) is 5.09. The number of benzene rings is 1. The van der Waals surface area contributed by atoms with Crippen LogP contribution in [0.15, 0.2) is 36.7 Å². The first kappa shape index (κ1) is 12.2. The highest BCUT2D eigenvalue weighted by atomic mass is 15.2. The van der Waals surface area contributed by atoms with Gasteiger partial charge in [-0.1, -0.05) is 18.2 Å². The van der Waals surface area contributed by atoms with E-state index in [2.05, 4.69) is 51.4 Å². The molecular formula is C15H20N4. The minimum absolute atomic E-state index is 0.600. The third-order valence-electron chi connectivity index (χ3n) is 3.73. The van der Waals surface area contributed by atoms with E-state index in [1.807, 2.05) is 6.20 Å². The Kier molecular flexibility index (Phi) is 3.51. The van der Waals surface area contributed by atoms with Crippen LogP contribution < -0.4 is 10.2 Å². The van der Waals surface area contributed by atoms with Crippen molar-refractivity contribution in [1.82, 2.24) is 15.3 Å². The van der Waals surface area contributed by atoms with Gasteiger partial charge in [0.2, 0.25) is 0 Å². The lowest BCUT2D eigenvalue weighted by molar-refractivity contribution is 0.609. The SMILES string of the molecule is C[C@H]1Cc2ccccc2N1CCNCc1ncc[nH]1. The Balaban J connectivity index is 1.53. The first-order chi connectivity index (χ1) is 9.34. The van der Waals surface area contributed by atoms with Crippen molar-refractivity contribution in [1.29, 1.82) is 0 Å². The second kappa shape index (κ2) is 5.45. The summed E-state index contributed by atoms with van der Waals surface area (Å²) >= 11 is 0. The molecule has 0 spiro atoms. The van der Waals surface area contributed by atoms with Crippen molar-refractivity contribution in [3.8, 4) is 0 Å². The van der Waals surface area contributed by atoms with Crippen molar-refractivity contribution in [2.45, 2.75) is 25.9 Å². The quantitative estimate of drug-likeness (QED) is 0.804. The van der Waals surface area contributed by atoms with E-state index in [0.717, 1.165) is 31.9 Å². The van der Waals surface area contributed by atoms with Gasteiger partial charge >= 0.3 is 0 Å². The van der Waals surface area contributed by atoms with Gasteiger partial charge in [-0.15, -0.1) is 0 Å². The van der Waals surface area contributed by atoms with E-state index >= 15 is 0 Å². The van der Waals surface area contributed by atoms with Crippen LogP contribution in [0.2, 0.25) is 0 Å². The van der Waals surface area contributed by atoms with Gasteiger partial charge in [0.1, 0.15) is 5.82 Å². The molecule has 4 nitrogen and oxygen atoms in total. The van der Waals surface area contributed by atoms with E-state index in [1.165, 1.54) is 11.3 Å². The Morgan fingerprint density at radius 3 is 3.16 bits per heavy atom. The lowest BCUT2D eigenvalue weighted by Gasteiger charge is -2.25. The summed E-state index contributed by atoms with van der Waals surface area (Å²) in [5.41, 5.74) is 2.87. The van der Waals surface area contributed by atoms with Gasteiger partial charge in [-0.05, 0) is 25.0 Å². The molecule has 1 aliphatic rings. The predicted octanol–water partition coefficient (Wildman–Crippen LogP) is 1.95. The molecule has 0 bridgehead atoms. The molecule has 2 N–H and O–H groups in total. The molecule has 1 atom stereocenters. The number of aromatic nitrogens is 2. The number of hydrogen-bond donors (Lipinski definition) is 2. The standard InChI is InChI=1S/C15H20N4/c1-12-10-13-4-2-3-5-14(13)19(12)9-8-16-11-15-17-6-7-18-15/h2-7,12,16H,8-11H2,1H3,(H,17,18)/t12-/m0/s1. The molecule has 0 unspecified atom stereocenters. The van der Waals surface area contributed by atoms with Crippen molar-refractivity contribution in [2.24, 2.45) is 0 Å². The van der Waals surface area contributed by atoms with Gasteiger partial charge in [-0.25, -0.2) is 4.98 Å². The van der Waals surface area contributed by atoms with Crippen molar-refractivity contribution in [3.05, 3.63) is 48.0 Å². The largest absolute Gasteiger partial charge is 0.367 e. The van der Waals surface area contributed by atoms with E-state index in [0.29, 0.717) is 6.04 Å². The van der Waals surface area contributed by atoms with E-state index in [9.17, 15) is 0 Å². The molecule has 1 aromatic carbocycles. The van der Waals surface area contributed by atoms with Crippen LogP contribution in [0.5, 0.6) is 0 Å². The Morgan fingerprint density at radius 2 is 2.32 bits per heavy atom. The Labute approximate surface area is 113 Å². The summed E-state index contributed by atoms with van der Waals surface area (Å²) in [5, 5.41) is 3.43. The van der Waals surface area contributed by atoms with Crippen molar-refractivity contribution in [3.63, 3.8) is 0 Å². The van der Waals surface area contributed by atoms with Gasteiger partial charge < -0.3 is 15.2 Å². The molecule has 0 radical (unpaired) electrons. The van der Waals surface area contributed by atoms with Crippen LogP contribution in [-0.2, 0) is 13.0 Å². The number of H-pyrrole nitrogens is 1. The number of imidazole rings is 1. The number of nitrogens with one attached hydrogen (secondary N) is 2. The molecule has 0 amide bonds. The summed E-state index contributed by atoms with van der Waals surface area (Å²) in [7, 11) is 0. The van der Waals surface area contributed by atoms with Gasteiger partial charge in [0.25, 0.3) is 0 Å². The van der Waals surface area contributed by atoms with Gasteiger partial charge in [-0.3, -0.25) is 0 Å². The number of aromatic amines is 1. The van der Waals surface area contributed by atoms with Gasteiger partial charge in [0.05, 0.1) is 6.54 Å². The second-order valence-electron chi connectivity index (χ2n) is 5.09. The highest BCUT2D eigenvalue weighted by Gasteiger charge is 2.24. The van der Waals surface area contributed by atoms with Crippen LogP contribution in [0.25, 0.3) is 0 Å². The predicted molar refractivity (Wildman–Crippen MR) is 77.2 cm³/mol. The van der Waals surface area contributed by atoms with Gasteiger partial charge in [0, 0.05) is 37.2 Å². The fraction of sp³-hybridized carbons (Fsp3) is 0.400. The molecule has 1 aromatic heterocycles. The van der Waals surface area contributed by atoms with Gasteiger partial charge in [-0.2, -0.15) is 0 Å². The zero-order valence-corrected chi connectivity index (χ0v) is 11.3. The fourth-order valence-electron chi connectivity index (χ4n) is 2.77. The minimum atomic E-state index is 0.600. The normalized spacial score (nSPS) is 17.7. The number of fused-ring (bicyclic) bond motifs is 1. The highest BCUT2D eigenvalue weighted by Crippen LogP contribution is 2.31. The maximum absolute atomic E-state index is 4.20. The average Bonchev–Trinajstić information content (AvgIpc) is 3.02. The number of rotatable bonds is 5. The molecule has 19 heavy (non-hydrogen) atoms. The molecule has 2 aromatic rings. The molecule has 2 heterocycles. The minimum Gasteiger partial charge on any atom is -0.367 e. The summed E-state index contributed by atoms with van der Waals surface area (Å²) in [6.07, 6.45) is 4.81. The summed E-state index contributed by atoms with van der Waals surface area (Å²) < 4.78 is 0. The monoisotopic (exact) mass is 256 g/mol. The third kappa shape index (κ3) is 2.63. The summed E-state index contributed by atoms with van der Waals surface area (Å²) in [6.45, 7) is 5.11. The van der Waals surface area contributed by atoms with Crippen LogP contribution in [0.4, 0.5) is 5.69 Å². The van der Waals surface area contributed by atoms with Crippen molar-refractivity contribution < 1.29 is 0 Å². The smallest absolute Gasteiger partial charge is 0.120 e. The third-order valence-corrected chi connectivity index (χ3v) is 3.73. The fourth-order valence-corrected chi connectivity index (χ4v) is 2.77. The topological polar surface area (TPSA) is 44.0 Å². The Morgan fingerprint density at radius 1 is 1.42 bits per heavy atom. The van der Waals surface area contributed by atoms with Crippen molar-refractivity contribution >= 4 is 5.69 Å². The summed E-state index contributed by atoms with van der Waals surface area (Å²) in [5.74, 6) is 0.995. The molecule has 0 saturated carbocycles. The molecule has 0 fully saturated rings.